The summed E-state index contributed by atoms with van der Waals surface area (Å²) in [5.41, 5.74) is 3.11. The standard InChI is InChI=1S/C31H30ClNO6/c1-17(2)16-39-31(37)20-9-11-22(12-10-20)33-26(21-8-6-7-18(3)13-21)25(28(35)30(33)36)27(34)23-14-19(4)15-24(32)29(23)38-5/h6-15,17,26,34H,16H2,1-5H3/b27-25+. The largest absolute Gasteiger partial charge is 0.507 e. The van der Waals surface area contributed by atoms with E-state index in [1.54, 1.807) is 49.4 Å². The number of esters is 1. The van der Waals surface area contributed by atoms with Gasteiger partial charge in [0.2, 0.25) is 0 Å². The maximum Gasteiger partial charge on any atom is 0.338 e. The molecule has 0 aromatic heterocycles. The second-order valence-corrected chi connectivity index (χ2v) is 10.4. The molecule has 0 saturated carbocycles. The molecule has 8 heteroatoms. The SMILES string of the molecule is COc1c(Cl)cc(C)cc1/C(O)=C1\C(=O)C(=O)N(c2ccc(C(=O)OCC(C)C)cc2)C1c1cccc(C)c1. The Morgan fingerprint density at radius 3 is 2.33 bits per heavy atom. The molecule has 7 nitrogen and oxygen atoms in total. The van der Waals surface area contributed by atoms with E-state index < -0.39 is 29.5 Å². The maximum atomic E-state index is 13.5. The first-order chi connectivity index (χ1) is 18.5. The highest BCUT2D eigenvalue weighted by Crippen LogP contribution is 2.44. The number of hydrogen-bond acceptors (Lipinski definition) is 6. The highest BCUT2D eigenvalue weighted by molar-refractivity contribution is 6.51. The molecule has 0 aliphatic carbocycles. The number of methoxy groups -OCH3 is 1. The third-order valence-corrected chi connectivity index (χ3v) is 6.66. The Balaban J connectivity index is 1.87. The summed E-state index contributed by atoms with van der Waals surface area (Å²) in [5, 5.41) is 11.8. The second-order valence-electron chi connectivity index (χ2n) is 9.95. The van der Waals surface area contributed by atoms with Gasteiger partial charge in [0, 0.05) is 5.69 Å². The molecule has 3 aromatic rings. The molecule has 202 valence electrons. The Bertz CT molecular complexity index is 1470. The van der Waals surface area contributed by atoms with Crippen LogP contribution in [0.1, 0.15) is 52.5 Å². The minimum atomic E-state index is -0.937. The van der Waals surface area contributed by atoms with Gasteiger partial charge in [0.05, 0.1) is 41.5 Å². The minimum absolute atomic E-state index is 0.0917. The van der Waals surface area contributed by atoms with Crippen molar-refractivity contribution >= 4 is 40.7 Å². The number of aryl methyl sites for hydroxylation is 2. The lowest BCUT2D eigenvalue weighted by Crippen LogP contribution is -2.29. The van der Waals surface area contributed by atoms with Gasteiger partial charge in [0.1, 0.15) is 11.5 Å². The number of aliphatic hydroxyl groups is 1. The van der Waals surface area contributed by atoms with Crippen molar-refractivity contribution in [2.45, 2.75) is 33.7 Å². The van der Waals surface area contributed by atoms with Crippen LogP contribution in [0.4, 0.5) is 5.69 Å². The van der Waals surface area contributed by atoms with Crippen LogP contribution in [0.2, 0.25) is 5.02 Å². The van der Waals surface area contributed by atoms with Gasteiger partial charge in [0.15, 0.2) is 0 Å². The highest BCUT2D eigenvalue weighted by Gasteiger charge is 2.47. The molecule has 1 atom stereocenters. The summed E-state index contributed by atoms with van der Waals surface area (Å²) in [4.78, 5) is 40.7. The van der Waals surface area contributed by atoms with Gasteiger partial charge < -0.3 is 14.6 Å². The average molecular weight is 548 g/mol. The quantitative estimate of drug-likeness (QED) is 0.159. The molecule has 1 fully saturated rings. The number of ether oxygens (including phenoxy) is 2. The number of halogens is 1. The fraction of sp³-hybridized carbons (Fsp3) is 0.258. The lowest BCUT2D eigenvalue weighted by atomic mass is 9.93. The van der Waals surface area contributed by atoms with Crippen LogP contribution in [0.3, 0.4) is 0 Å². The zero-order valence-corrected chi connectivity index (χ0v) is 23.2. The summed E-state index contributed by atoms with van der Waals surface area (Å²) in [6, 6.07) is 16.0. The Morgan fingerprint density at radius 2 is 1.72 bits per heavy atom. The molecular formula is C31H30ClNO6. The molecule has 1 saturated heterocycles. The molecular weight excluding hydrogens is 518 g/mol. The van der Waals surface area contributed by atoms with Crippen molar-refractivity contribution in [3.05, 3.63) is 99.1 Å². The Kier molecular flexibility index (Phi) is 8.11. The molecule has 1 amide bonds. The average Bonchev–Trinajstić information content (AvgIpc) is 3.16. The number of amides is 1. The van der Waals surface area contributed by atoms with Crippen LogP contribution in [0, 0.1) is 19.8 Å². The van der Waals surface area contributed by atoms with E-state index in [4.69, 9.17) is 21.1 Å². The number of Topliss-reactive ketones (excluding diaryl/α,β-unsaturated/α-hetero) is 1. The number of benzene rings is 3. The van der Waals surface area contributed by atoms with Gasteiger partial charge >= 0.3 is 5.97 Å². The molecule has 4 rings (SSSR count). The molecule has 1 N–H and O–H groups in total. The summed E-state index contributed by atoms with van der Waals surface area (Å²) < 4.78 is 10.7. The van der Waals surface area contributed by atoms with Crippen molar-refractivity contribution in [2.24, 2.45) is 5.92 Å². The number of ketones is 1. The fourth-order valence-corrected chi connectivity index (χ4v) is 4.95. The van der Waals surface area contributed by atoms with Gasteiger partial charge in [-0.3, -0.25) is 14.5 Å². The molecule has 39 heavy (non-hydrogen) atoms. The molecule has 1 heterocycles. The third-order valence-electron chi connectivity index (χ3n) is 6.38. The van der Waals surface area contributed by atoms with Crippen LogP contribution in [0.15, 0.2) is 66.2 Å². The summed E-state index contributed by atoms with van der Waals surface area (Å²) in [6.07, 6.45) is 0. The van der Waals surface area contributed by atoms with Gasteiger partial charge in [-0.2, -0.15) is 0 Å². The van der Waals surface area contributed by atoms with E-state index in [-0.39, 0.29) is 34.4 Å². The van der Waals surface area contributed by atoms with Gasteiger partial charge in [-0.1, -0.05) is 55.3 Å². The van der Waals surface area contributed by atoms with Crippen molar-refractivity contribution in [1.29, 1.82) is 0 Å². The topological polar surface area (TPSA) is 93.1 Å². The third kappa shape index (κ3) is 5.54. The monoisotopic (exact) mass is 547 g/mol. The van der Waals surface area contributed by atoms with Gasteiger partial charge in [-0.15, -0.1) is 0 Å². The number of rotatable bonds is 7. The van der Waals surface area contributed by atoms with Crippen molar-refractivity contribution in [3.63, 3.8) is 0 Å². The highest BCUT2D eigenvalue weighted by atomic mass is 35.5. The van der Waals surface area contributed by atoms with Crippen LogP contribution in [-0.2, 0) is 14.3 Å². The minimum Gasteiger partial charge on any atom is -0.507 e. The normalized spacial score (nSPS) is 16.6. The number of hydrogen-bond donors (Lipinski definition) is 1. The Morgan fingerprint density at radius 1 is 1.03 bits per heavy atom. The first kappa shape index (κ1) is 27.9. The van der Waals surface area contributed by atoms with Crippen LogP contribution >= 0.6 is 11.6 Å². The van der Waals surface area contributed by atoms with E-state index in [2.05, 4.69) is 0 Å². The van der Waals surface area contributed by atoms with E-state index in [0.29, 0.717) is 16.8 Å². The molecule has 1 aliphatic rings. The molecule has 0 bridgehead atoms. The second kappa shape index (κ2) is 11.3. The molecule has 3 aromatic carbocycles. The number of nitrogens with zero attached hydrogens (tertiary/aromatic N) is 1. The van der Waals surface area contributed by atoms with E-state index >= 15 is 0 Å². The van der Waals surface area contributed by atoms with Crippen LogP contribution in [0.25, 0.3) is 5.76 Å². The number of carbonyl (C=O) groups is 3. The predicted molar refractivity (Wildman–Crippen MR) is 150 cm³/mol. The van der Waals surface area contributed by atoms with Crippen molar-refractivity contribution < 1.29 is 29.0 Å². The van der Waals surface area contributed by atoms with Gasteiger partial charge in [0.25, 0.3) is 11.7 Å². The summed E-state index contributed by atoms with van der Waals surface area (Å²) >= 11 is 6.37. The molecule has 0 radical (unpaired) electrons. The van der Waals surface area contributed by atoms with Crippen molar-refractivity contribution in [1.82, 2.24) is 0 Å². The smallest absolute Gasteiger partial charge is 0.338 e. The lowest BCUT2D eigenvalue weighted by molar-refractivity contribution is -0.132. The van der Waals surface area contributed by atoms with E-state index in [1.807, 2.05) is 39.0 Å². The maximum absolute atomic E-state index is 13.5. The van der Waals surface area contributed by atoms with Crippen molar-refractivity contribution in [2.75, 3.05) is 18.6 Å². The summed E-state index contributed by atoms with van der Waals surface area (Å²) in [5.74, 6) is -2.14. The lowest BCUT2D eigenvalue weighted by Gasteiger charge is -2.26. The number of anilines is 1. The van der Waals surface area contributed by atoms with Crippen LogP contribution in [-0.4, -0.2) is 36.5 Å². The molecule has 1 aliphatic heterocycles. The van der Waals surface area contributed by atoms with Gasteiger partial charge in [-0.05, 0) is 67.3 Å². The zero-order valence-electron chi connectivity index (χ0n) is 22.4. The zero-order chi connectivity index (χ0) is 28.4. The first-order valence-corrected chi connectivity index (χ1v) is 12.9. The number of aliphatic hydroxyl groups excluding tert-OH is 1. The Hall–Kier alpha value is -4.10. The molecule has 0 spiro atoms. The summed E-state index contributed by atoms with van der Waals surface area (Å²) in [6.45, 7) is 7.87. The predicted octanol–water partition coefficient (Wildman–Crippen LogP) is 6.40. The summed E-state index contributed by atoms with van der Waals surface area (Å²) in [7, 11) is 1.41. The molecule has 1 unspecified atom stereocenters. The van der Waals surface area contributed by atoms with E-state index in [0.717, 1.165) is 11.1 Å². The fourth-order valence-electron chi connectivity index (χ4n) is 4.60. The van der Waals surface area contributed by atoms with Crippen molar-refractivity contribution in [3.8, 4) is 5.75 Å². The van der Waals surface area contributed by atoms with Crippen LogP contribution < -0.4 is 9.64 Å². The van der Waals surface area contributed by atoms with Crippen LogP contribution in [0.5, 0.6) is 5.75 Å². The van der Waals surface area contributed by atoms with E-state index in [9.17, 15) is 19.5 Å². The van der Waals surface area contributed by atoms with E-state index in [1.165, 1.54) is 12.0 Å². The van der Waals surface area contributed by atoms with Gasteiger partial charge in [-0.25, -0.2) is 4.79 Å². The Labute approximate surface area is 232 Å². The number of carbonyl (C=O) groups excluding carboxylic acids is 3. The first-order valence-electron chi connectivity index (χ1n) is 12.5.